The predicted molar refractivity (Wildman–Crippen MR) is 260 cm³/mol. The van der Waals surface area contributed by atoms with E-state index in [0.717, 1.165) is 52.6 Å². The van der Waals surface area contributed by atoms with Gasteiger partial charge in [-0.1, -0.05) is 79.3 Å². The van der Waals surface area contributed by atoms with E-state index in [1.807, 2.05) is 69.3 Å². The number of hydrogen-bond donors (Lipinski definition) is 4. The lowest BCUT2D eigenvalue weighted by Gasteiger charge is -2.37. The molecule has 2 heterocycles. The molecule has 0 radical (unpaired) electrons. The van der Waals surface area contributed by atoms with Crippen LogP contribution in [0.5, 0.6) is 0 Å². The maximum absolute atomic E-state index is 11.1. The van der Waals surface area contributed by atoms with Crippen LogP contribution in [0, 0.1) is 49.9 Å². The topological polar surface area (TPSA) is 105 Å². The molecule has 1 aromatic heterocycles. The Balaban J connectivity index is 0.000000992. The van der Waals surface area contributed by atoms with Crippen molar-refractivity contribution in [3.63, 3.8) is 0 Å². The molecule has 1 saturated carbocycles. The molecule has 59 heavy (non-hydrogen) atoms. The number of aryl methyl sites for hydroxylation is 1. The molecule has 0 spiro atoms. The molecule has 5 N–H and O–H groups in total. The van der Waals surface area contributed by atoms with E-state index in [1.165, 1.54) is 44.7 Å². The predicted octanol–water partition coefficient (Wildman–Crippen LogP) is 11.8. The third kappa shape index (κ3) is 21.4. The number of terminal acetylenes is 2. The number of likely N-dealkylation sites (tertiary alicyclic amines) is 1. The van der Waals surface area contributed by atoms with Gasteiger partial charge in [0.1, 0.15) is 10.6 Å². The summed E-state index contributed by atoms with van der Waals surface area (Å²) >= 11 is 3.42. The largest absolute Gasteiger partial charge is 0.474 e. The van der Waals surface area contributed by atoms with Gasteiger partial charge >= 0.3 is 0 Å². The summed E-state index contributed by atoms with van der Waals surface area (Å²) in [5, 5.41) is 10.2. The van der Waals surface area contributed by atoms with E-state index in [4.69, 9.17) is 10.5 Å². The number of nitrogens with zero attached hydrogens (tertiary/aromatic N) is 2. The van der Waals surface area contributed by atoms with Gasteiger partial charge in [0.2, 0.25) is 5.91 Å². The van der Waals surface area contributed by atoms with E-state index in [1.54, 1.807) is 17.5 Å². The first-order valence-electron chi connectivity index (χ1n) is 20.3. The Morgan fingerprint density at radius 3 is 2.14 bits per heavy atom. The fourth-order valence-electron chi connectivity index (χ4n) is 6.69. The number of allylic oxidation sites excluding steroid dienone is 2. The number of rotatable bonds is 15. The molecule has 1 amide bonds. The van der Waals surface area contributed by atoms with Gasteiger partial charge in [0.25, 0.3) is 0 Å². The maximum Gasteiger partial charge on any atom is 0.221 e. The zero-order valence-electron chi connectivity index (χ0n) is 38.0. The minimum atomic E-state index is -0.203. The number of nitrogens with one attached hydrogen (secondary N) is 3. The number of carbonyl (C=O) groups excluding carboxylic acids is 1. The van der Waals surface area contributed by atoms with E-state index in [9.17, 15) is 4.79 Å². The molecule has 0 bridgehead atoms. The van der Waals surface area contributed by atoms with Crippen LogP contribution in [0.4, 0.5) is 5.69 Å². The van der Waals surface area contributed by atoms with Crippen molar-refractivity contribution in [2.24, 2.45) is 23.0 Å². The van der Waals surface area contributed by atoms with Crippen LogP contribution in [0.3, 0.4) is 0 Å². The van der Waals surface area contributed by atoms with Crippen LogP contribution in [0.2, 0.25) is 0 Å². The van der Waals surface area contributed by atoms with Crippen LogP contribution in [0.15, 0.2) is 91.7 Å². The Morgan fingerprint density at radius 1 is 1.05 bits per heavy atom. The van der Waals surface area contributed by atoms with Gasteiger partial charge < -0.3 is 30.7 Å². The zero-order chi connectivity index (χ0) is 45.5. The van der Waals surface area contributed by atoms with Crippen molar-refractivity contribution in [2.75, 3.05) is 11.9 Å². The molecular formula is C49H76N6O2S2. The van der Waals surface area contributed by atoms with Gasteiger partial charge in [-0.25, -0.2) is 4.98 Å². The second-order valence-corrected chi connectivity index (χ2v) is 19.2. The average molecular weight is 845 g/mol. The smallest absolute Gasteiger partial charge is 0.221 e. The normalized spacial score (nSPS) is 16.2. The first kappa shape index (κ1) is 54.5. The minimum absolute atomic E-state index is 0.0663. The summed E-state index contributed by atoms with van der Waals surface area (Å²) in [5.74, 6) is 0.961. The van der Waals surface area contributed by atoms with Crippen LogP contribution in [-0.4, -0.2) is 45.3 Å². The van der Waals surface area contributed by atoms with Crippen LogP contribution < -0.4 is 21.1 Å². The molecule has 10 heteroatoms. The number of carbonyl (C=O) groups is 1. The highest BCUT2D eigenvalue weighted by atomic mass is 32.2. The number of ether oxygens (including phenoxy) is 1. The molecule has 3 unspecified atom stereocenters. The molecule has 1 aromatic carbocycles. The van der Waals surface area contributed by atoms with Crippen molar-refractivity contribution in [2.45, 2.75) is 137 Å². The molecule has 4 atom stereocenters. The molecule has 2 aliphatic rings. The lowest BCUT2D eigenvalue weighted by Crippen LogP contribution is -2.45. The van der Waals surface area contributed by atoms with Crippen molar-refractivity contribution >= 4 is 34.9 Å². The number of amides is 1. The second kappa shape index (κ2) is 27.3. The Labute approximate surface area is 368 Å². The summed E-state index contributed by atoms with van der Waals surface area (Å²) in [6.45, 7) is 42.5. The fraction of sp³-hybridized carbons (Fsp3) is 0.510. The molecule has 326 valence electrons. The molecule has 4 rings (SSSR count). The van der Waals surface area contributed by atoms with Gasteiger partial charge in [-0.05, 0) is 113 Å². The highest BCUT2D eigenvalue weighted by molar-refractivity contribution is 7.98. The molecular weight excluding hydrogens is 769 g/mol. The van der Waals surface area contributed by atoms with E-state index in [0.29, 0.717) is 23.1 Å². The van der Waals surface area contributed by atoms with Crippen molar-refractivity contribution in [3.8, 4) is 36.3 Å². The van der Waals surface area contributed by atoms with Crippen LogP contribution >= 0.6 is 23.3 Å². The summed E-state index contributed by atoms with van der Waals surface area (Å²) in [7, 11) is 0. The lowest BCUT2D eigenvalue weighted by molar-refractivity contribution is -0.114. The van der Waals surface area contributed by atoms with Crippen LogP contribution in [0.1, 0.15) is 113 Å². The molecule has 8 nitrogen and oxygen atoms in total. The van der Waals surface area contributed by atoms with Gasteiger partial charge in [0.05, 0.1) is 17.8 Å². The first-order chi connectivity index (χ1) is 27.6. The fourth-order valence-corrected chi connectivity index (χ4v) is 8.38. The van der Waals surface area contributed by atoms with E-state index >= 15 is 0 Å². The molecule has 2 aromatic rings. The third-order valence-corrected chi connectivity index (χ3v) is 11.5. The molecule has 1 saturated heterocycles. The summed E-state index contributed by atoms with van der Waals surface area (Å²) in [5.41, 5.74) is 11.5. The highest BCUT2D eigenvalue weighted by Crippen LogP contribution is 2.34. The summed E-state index contributed by atoms with van der Waals surface area (Å²) in [6.07, 6.45) is 28.5. The van der Waals surface area contributed by atoms with Gasteiger partial charge in [0.15, 0.2) is 5.88 Å². The number of aromatic nitrogens is 1. The molecule has 2 fully saturated rings. The second-order valence-electron chi connectivity index (χ2n) is 17.2. The Bertz CT molecular complexity index is 1650. The molecule has 1 aliphatic heterocycles. The van der Waals surface area contributed by atoms with Crippen molar-refractivity contribution in [1.82, 2.24) is 19.9 Å². The van der Waals surface area contributed by atoms with Gasteiger partial charge in [-0.15, -0.1) is 43.6 Å². The minimum Gasteiger partial charge on any atom is -0.474 e. The SMILES string of the molecule is C#C.C#C.C=C(N)OC(C)(C)C.C=CC(C)C(C)C(NC(=C)[C@@H]1CCCN1C(=C)CC(C)(C)C)C(=C)NSC1CCCC1.CC(=O)Nc1cc(C)ccc1-c1nccs1. The summed E-state index contributed by atoms with van der Waals surface area (Å²) in [4.78, 5) is 17.8. The zero-order valence-corrected chi connectivity index (χ0v) is 39.6. The van der Waals surface area contributed by atoms with Crippen LogP contribution in [0.25, 0.3) is 10.6 Å². The van der Waals surface area contributed by atoms with E-state index < -0.39 is 0 Å². The number of benzene rings is 1. The quantitative estimate of drug-likeness (QED) is 0.0608. The van der Waals surface area contributed by atoms with Crippen LogP contribution in [-0.2, 0) is 9.53 Å². The standard InChI is InChI=1S/C27H47N3S.C12H12N2OS.C6H13NO.2C2H2/c1-10-19(2)21(4)26(23(6)29-31-24-14-11-12-15-24)28-22(5)25-16-13-17-30(25)20(3)18-27(7,8)9;1-8-3-4-10(12-13-5-6-16-12)11(7-8)14-9(2)15;1-5(7)8-6(2,3)4;2*1-2/h10,19,21,24-26,28-29H,1,3,5-6,11-18H2,2,4,7-9H3;3-7H,1-2H3,(H,14,15);1,7H2,2-4H3;2*1-2H/t19?,21?,25-,26?;;;;/m0..../s1. The van der Waals surface area contributed by atoms with Gasteiger partial charge in [0, 0.05) is 52.9 Å². The monoisotopic (exact) mass is 845 g/mol. The lowest BCUT2D eigenvalue weighted by atomic mass is 9.87. The number of nitrogens with two attached hydrogens (primary N) is 1. The Kier molecular flexibility index (Phi) is 25.2. The van der Waals surface area contributed by atoms with E-state index in [-0.39, 0.29) is 28.8 Å². The Hall–Kier alpha value is -4.51. The molecule has 1 aliphatic carbocycles. The number of hydrogen-bond acceptors (Lipinski definition) is 9. The van der Waals surface area contributed by atoms with Crippen molar-refractivity contribution in [1.29, 1.82) is 0 Å². The maximum atomic E-state index is 11.1. The average Bonchev–Trinajstić information content (AvgIpc) is 3.97. The number of thiazole rings is 1. The Morgan fingerprint density at radius 2 is 1.66 bits per heavy atom. The first-order valence-corrected chi connectivity index (χ1v) is 22.1. The summed E-state index contributed by atoms with van der Waals surface area (Å²) in [6, 6.07) is 6.38. The van der Waals surface area contributed by atoms with Crippen molar-refractivity contribution < 1.29 is 9.53 Å². The highest BCUT2D eigenvalue weighted by Gasteiger charge is 2.32. The summed E-state index contributed by atoms with van der Waals surface area (Å²) < 4.78 is 8.62. The van der Waals surface area contributed by atoms with Crippen molar-refractivity contribution in [3.05, 3.63) is 97.3 Å². The van der Waals surface area contributed by atoms with E-state index in [2.05, 4.69) is 118 Å². The van der Waals surface area contributed by atoms with Gasteiger partial charge in [-0.2, -0.15) is 0 Å². The number of anilines is 1. The third-order valence-electron chi connectivity index (χ3n) is 9.48. The van der Waals surface area contributed by atoms with Gasteiger partial charge in [-0.3, -0.25) is 4.79 Å².